The molecule has 1 N–H and O–H groups in total. The number of anilines is 1. The molecule has 0 saturated carbocycles. The summed E-state index contributed by atoms with van der Waals surface area (Å²) >= 11 is 5.98. The van der Waals surface area contributed by atoms with Crippen molar-refractivity contribution < 1.29 is 9.53 Å². The zero-order chi connectivity index (χ0) is 18.5. The number of hydrogen-bond donors (Lipinski definition) is 1. The van der Waals surface area contributed by atoms with Crippen molar-refractivity contribution in [1.82, 2.24) is 19.6 Å². The Morgan fingerprint density at radius 1 is 1.27 bits per heavy atom. The number of carbonyl (C=O) groups excluding carboxylic acids is 1. The number of halogens is 1. The van der Waals surface area contributed by atoms with Gasteiger partial charge in [-0.05, 0) is 36.8 Å². The van der Waals surface area contributed by atoms with Gasteiger partial charge in [-0.15, -0.1) is 0 Å². The lowest BCUT2D eigenvalue weighted by molar-refractivity contribution is 0.101. The normalized spacial score (nSPS) is 10.3. The van der Waals surface area contributed by atoms with Crippen molar-refractivity contribution in [3.8, 4) is 11.8 Å². The molecule has 26 heavy (non-hydrogen) atoms. The number of ether oxygens (including phenoxy) is 1. The maximum absolute atomic E-state index is 12.2. The van der Waals surface area contributed by atoms with E-state index in [9.17, 15) is 4.79 Å². The highest BCUT2D eigenvalue weighted by atomic mass is 35.5. The number of aromatic nitrogens is 4. The van der Waals surface area contributed by atoms with Gasteiger partial charge >= 0.3 is 0 Å². The summed E-state index contributed by atoms with van der Waals surface area (Å²) in [5.74, 6) is 0.623. The number of amides is 1. The third-order valence-electron chi connectivity index (χ3n) is 3.48. The first-order valence-corrected chi connectivity index (χ1v) is 8.07. The molecule has 1 amide bonds. The third-order valence-corrected chi connectivity index (χ3v) is 3.91. The van der Waals surface area contributed by atoms with Gasteiger partial charge in [0, 0.05) is 23.5 Å². The number of benzene rings is 1. The van der Waals surface area contributed by atoms with E-state index in [0.717, 1.165) is 5.56 Å². The van der Waals surface area contributed by atoms with Gasteiger partial charge in [0.05, 0.1) is 6.07 Å². The standard InChI is InChI=1S/C17H15ClN6O2/c1-12-10-13(2-3-14(12)18)26-11-24-7-4-15(21-24)17(25)20-16-5-8-23(22-16)9-6-19/h2-5,7-8,10H,9,11H2,1H3,(H,20,22,25). The number of nitrogens with one attached hydrogen (secondary N) is 1. The molecule has 0 saturated heterocycles. The fourth-order valence-electron chi connectivity index (χ4n) is 2.17. The molecule has 2 aromatic heterocycles. The van der Waals surface area contributed by atoms with Crippen LogP contribution in [0, 0.1) is 18.3 Å². The summed E-state index contributed by atoms with van der Waals surface area (Å²) in [5, 5.41) is 20.2. The van der Waals surface area contributed by atoms with Crippen LogP contribution < -0.4 is 10.1 Å². The Morgan fingerprint density at radius 2 is 2.08 bits per heavy atom. The smallest absolute Gasteiger partial charge is 0.277 e. The number of hydrogen-bond acceptors (Lipinski definition) is 5. The maximum atomic E-state index is 12.2. The Balaban J connectivity index is 1.58. The van der Waals surface area contributed by atoms with E-state index < -0.39 is 5.91 Å². The van der Waals surface area contributed by atoms with Crippen LogP contribution >= 0.6 is 11.6 Å². The quantitative estimate of drug-likeness (QED) is 0.719. The Hall–Kier alpha value is -3.31. The van der Waals surface area contributed by atoms with Crippen molar-refractivity contribution in [2.45, 2.75) is 20.2 Å². The van der Waals surface area contributed by atoms with Crippen molar-refractivity contribution in [3.05, 3.63) is 59.0 Å². The van der Waals surface area contributed by atoms with Gasteiger partial charge in [-0.1, -0.05) is 11.6 Å². The molecule has 0 atom stereocenters. The van der Waals surface area contributed by atoms with E-state index in [2.05, 4.69) is 15.5 Å². The van der Waals surface area contributed by atoms with E-state index in [0.29, 0.717) is 16.6 Å². The highest BCUT2D eigenvalue weighted by molar-refractivity contribution is 6.31. The minimum Gasteiger partial charge on any atom is -0.471 e. The van der Waals surface area contributed by atoms with Gasteiger partial charge in [0.15, 0.2) is 18.2 Å². The predicted molar refractivity (Wildman–Crippen MR) is 94.8 cm³/mol. The highest BCUT2D eigenvalue weighted by Crippen LogP contribution is 2.21. The van der Waals surface area contributed by atoms with Crippen LogP contribution in [0.4, 0.5) is 5.82 Å². The molecular formula is C17H15ClN6O2. The Kier molecular flexibility index (Phi) is 5.20. The highest BCUT2D eigenvalue weighted by Gasteiger charge is 2.11. The molecule has 3 aromatic rings. The van der Waals surface area contributed by atoms with Gasteiger partial charge < -0.3 is 10.1 Å². The summed E-state index contributed by atoms with van der Waals surface area (Å²) in [5.41, 5.74) is 1.15. The minimum atomic E-state index is -0.395. The maximum Gasteiger partial charge on any atom is 0.277 e. The monoisotopic (exact) mass is 370 g/mol. The molecule has 0 bridgehead atoms. The van der Waals surface area contributed by atoms with Crippen LogP contribution in [0.25, 0.3) is 0 Å². The molecule has 0 unspecified atom stereocenters. The van der Waals surface area contributed by atoms with Gasteiger partial charge in [-0.3, -0.25) is 9.48 Å². The number of nitriles is 1. The molecule has 2 heterocycles. The predicted octanol–water partition coefficient (Wildman–Crippen LogP) is 2.85. The van der Waals surface area contributed by atoms with E-state index in [4.69, 9.17) is 21.6 Å². The van der Waals surface area contributed by atoms with E-state index in [1.54, 1.807) is 36.7 Å². The van der Waals surface area contributed by atoms with Crippen LogP contribution in [0.1, 0.15) is 16.1 Å². The average Bonchev–Trinajstić information content (AvgIpc) is 3.26. The van der Waals surface area contributed by atoms with Gasteiger partial charge in [-0.25, -0.2) is 4.68 Å². The first-order valence-electron chi connectivity index (χ1n) is 7.69. The molecule has 0 aliphatic carbocycles. The first kappa shape index (κ1) is 17.5. The van der Waals surface area contributed by atoms with Crippen molar-refractivity contribution in [2.24, 2.45) is 0 Å². The van der Waals surface area contributed by atoms with E-state index in [-0.39, 0.29) is 19.0 Å². The zero-order valence-electron chi connectivity index (χ0n) is 13.9. The SMILES string of the molecule is Cc1cc(OCn2ccc(C(=O)Nc3ccn(CC#N)n3)n2)ccc1Cl. The topological polar surface area (TPSA) is 97.8 Å². The second-order valence-corrected chi connectivity index (χ2v) is 5.84. The minimum absolute atomic E-state index is 0.117. The number of nitrogens with zero attached hydrogens (tertiary/aromatic N) is 5. The summed E-state index contributed by atoms with van der Waals surface area (Å²) in [4.78, 5) is 12.2. The molecule has 0 aliphatic rings. The lowest BCUT2D eigenvalue weighted by Crippen LogP contribution is -2.15. The summed E-state index contributed by atoms with van der Waals surface area (Å²) in [6.45, 7) is 2.17. The molecule has 3 rings (SSSR count). The van der Waals surface area contributed by atoms with Crippen LogP contribution in [-0.4, -0.2) is 25.5 Å². The van der Waals surface area contributed by atoms with Crippen molar-refractivity contribution in [1.29, 1.82) is 5.26 Å². The van der Waals surface area contributed by atoms with Crippen molar-refractivity contribution in [3.63, 3.8) is 0 Å². The van der Waals surface area contributed by atoms with E-state index >= 15 is 0 Å². The molecule has 0 fully saturated rings. The molecule has 132 valence electrons. The molecule has 9 heteroatoms. The second kappa shape index (κ2) is 7.72. The van der Waals surface area contributed by atoms with Crippen molar-refractivity contribution in [2.75, 3.05) is 5.32 Å². The Labute approximate surface area is 154 Å². The van der Waals surface area contributed by atoms with E-state index in [1.807, 2.05) is 19.1 Å². The largest absolute Gasteiger partial charge is 0.471 e. The lowest BCUT2D eigenvalue weighted by Gasteiger charge is -2.07. The molecule has 0 radical (unpaired) electrons. The summed E-state index contributed by atoms with van der Waals surface area (Å²) in [7, 11) is 0. The fraction of sp³-hybridized carbons (Fsp3) is 0.176. The Bertz CT molecular complexity index is 972. The lowest BCUT2D eigenvalue weighted by atomic mass is 10.2. The van der Waals surface area contributed by atoms with E-state index in [1.165, 1.54) is 9.36 Å². The second-order valence-electron chi connectivity index (χ2n) is 5.44. The van der Waals surface area contributed by atoms with Crippen molar-refractivity contribution >= 4 is 23.3 Å². The summed E-state index contributed by atoms with van der Waals surface area (Å²) in [6.07, 6.45) is 3.26. The van der Waals surface area contributed by atoms with Crippen LogP contribution in [0.3, 0.4) is 0 Å². The summed E-state index contributed by atoms with van der Waals surface area (Å²) in [6, 6.07) is 10.5. The summed E-state index contributed by atoms with van der Waals surface area (Å²) < 4.78 is 8.57. The van der Waals surface area contributed by atoms with Crippen LogP contribution in [0.2, 0.25) is 5.02 Å². The van der Waals surface area contributed by atoms with Crippen LogP contribution in [-0.2, 0) is 13.3 Å². The molecule has 8 nitrogen and oxygen atoms in total. The van der Waals surface area contributed by atoms with Crippen LogP contribution in [0.15, 0.2) is 42.7 Å². The van der Waals surface area contributed by atoms with Crippen LogP contribution in [0.5, 0.6) is 5.75 Å². The average molecular weight is 371 g/mol. The fourth-order valence-corrected chi connectivity index (χ4v) is 2.29. The third kappa shape index (κ3) is 4.20. The zero-order valence-corrected chi connectivity index (χ0v) is 14.6. The first-order chi connectivity index (χ1) is 12.5. The van der Waals surface area contributed by atoms with Gasteiger partial charge in [0.2, 0.25) is 0 Å². The van der Waals surface area contributed by atoms with Gasteiger partial charge in [0.25, 0.3) is 5.91 Å². The number of aryl methyl sites for hydroxylation is 1. The Morgan fingerprint density at radius 3 is 2.85 bits per heavy atom. The molecule has 0 aliphatic heterocycles. The molecule has 0 spiro atoms. The van der Waals surface area contributed by atoms with Gasteiger partial charge in [-0.2, -0.15) is 15.5 Å². The number of rotatable bonds is 6. The van der Waals surface area contributed by atoms with Gasteiger partial charge in [0.1, 0.15) is 12.3 Å². The molecular weight excluding hydrogens is 356 g/mol. The number of carbonyl (C=O) groups is 1. The molecule has 1 aromatic carbocycles.